The molecule has 1 saturated heterocycles. The van der Waals surface area contributed by atoms with Gasteiger partial charge in [0.05, 0.1) is 4.90 Å². The average Bonchev–Trinajstić information content (AvgIpc) is 2.89. The van der Waals surface area contributed by atoms with Gasteiger partial charge in [-0.3, -0.25) is 4.79 Å². The van der Waals surface area contributed by atoms with Crippen LogP contribution >= 0.6 is 15.9 Å². The summed E-state index contributed by atoms with van der Waals surface area (Å²) in [5.74, 6) is -0.0705. The Balaban J connectivity index is 1.92. The van der Waals surface area contributed by atoms with Crippen LogP contribution < -0.4 is 14.9 Å². The van der Waals surface area contributed by atoms with Crippen LogP contribution in [0.15, 0.2) is 21.5 Å². The molecule has 126 valence electrons. The summed E-state index contributed by atoms with van der Waals surface area (Å²) in [5.41, 5.74) is 1.69. The Bertz CT molecular complexity index is 730. The number of fused-ring (bicyclic) bond motifs is 1. The van der Waals surface area contributed by atoms with Crippen LogP contribution in [-0.2, 0) is 21.2 Å². The number of carbonyl (C=O) groups is 1. The zero-order valence-corrected chi connectivity index (χ0v) is 15.3. The second-order valence-electron chi connectivity index (χ2n) is 6.00. The van der Waals surface area contributed by atoms with Crippen LogP contribution in [0.25, 0.3) is 0 Å². The van der Waals surface area contributed by atoms with Crippen molar-refractivity contribution in [2.75, 3.05) is 24.5 Å². The summed E-state index contributed by atoms with van der Waals surface area (Å²) in [4.78, 5) is 13.5. The van der Waals surface area contributed by atoms with Crippen molar-refractivity contribution in [1.29, 1.82) is 0 Å². The first-order valence-electron chi connectivity index (χ1n) is 7.72. The van der Waals surface area contributed by atoms with Crippen LogP contribution in [0.3, 0.4) is 0 Å². The van der Waals surface area contributed by atoms with Gasteiger partial charge in [-0.15, -0.1) is 0 Å². The molecule has 0 bridgehead atoms. The highest BCUT2D eigenvalue weighted by molar-refractivity contribution is 9.10. The van der Waals surface area contributed by atoms with Gasteiger partial charge in [0.15, 0.2) is 0 Å². The van der Waals surface area contributed by atoms with Crippen molar-refractivity contribution in [3.63, 3.8) is 0 Å². The molecule has 0 aromatic heterocycles. The van der Waals surface area contributed by atoms with Crippen LogP contribution in [0.5, 0.6) is 0 Å². The van der Waals surface area contributed by atoms with Gasteiger partial charge in [-0.25, -0.2) is 13.1 Å². The zero-order chi connectivity index (χ0) is 16.6. The van der Waals surface area contributed by atoms with Crippen molar-refractivity contribution < 1.29 is 13.2 Å². The standard InChI is InChI=1S/C15H20BrN3O3S/c1-10(20)19-6-4-11-7-13(16)15(8-14(11)19)23(21,22)18-12-3-2-5-17-9-12/h7-8,12,17-18H,2-6,9H2,1H3. The van der Waals surface area contributed by atoms with E-state index >= 15 is 0 Å². The van der Waals surface area contributed by atoms with Gasteiger partial charge in [0, 0.05) is 36.2 Å². The number of nitrogens with one attached hydrogen (secondary N) is 2. The van der Waals surface area contributed by atoms with Crippen LogP contribution in [0, 0.1) is 0 Å². The number of halogens is 1. The maximum atomic E-state index is 12.7. The third-order valence-electron chi connectivity index (χ3n) is 4.32. The molecule has 2 heterocycles. The minimum Gasteiger partial charge on any atom is -0.315 e. The van der Waals surface area contributed by atoms with Crippen molar-refractivity contribution in [3.05, 3.63) is 22.2 Å². The molecule has 1 unspecified atom stereocenters. The van der Waals surface area contributed by atoms with Crippen molar-refractivity contribution in [2.45, 2.75) is 37.1 Å². The molecule has 1 aromatic carbocycles. The highest BCUT2D eigenvalue weighted by Gasteiger charge is 2.29. The number of hydrogen-bond donors (Lipinski definition) is 2. The van der Waals surface area contributed by atoms with E-state index in [1.807, 2.05) is 6.07 Å². The normalized spacial score (nSPS) is 21.3. The SMILES string of the molecule is CC(=O)N1CCc2cc(Br)c(S(=O)(=O)NC3CCCNC3)cc21. The lowest BCUT2D eigenvalue weighted by Crippen LogP contribution is -2.45. The fraction of sp³-hybridized carbons (Fsp3) is 0.533. The molecule has 8 heteroatoms. The molecule has 3 rings (SSSR count). The predicted molar refractivity (Wildman–Crippen MR) is 92.1 cm³/mol. The molecular weight excluding hydrogens is 382 g/mol. The molecule has 6 nitrogen and oxygen atoms in total. The van der Waals surface area contributed by atoms with E-state index in [1.54, 1.807) is 11.0 Å². The van der Waals surface area contributed by atoms with E-state index in [4.69, 9.17) is 0 Å². The van der Waals surface area contributed by atoms with E-state index < -0.39 is 10.0 Å². The lowest BCUT2D eigenvalue weighted by atomic mass is 10.1. The highest BCUT2D eigenvalue weighted by atomic mass is 79.9. The minimum absolute atomic E-state index is 0.0705. The van der Waals surface area contributed by atoms with Crippen LogP contribution in [0.4, 0.5) is 5.69 Å². The summed E-state index contributed by atoms with van der Waals surface area (Å²) in [5, 5.41) is 3.20. The molecule has 2 aliphatic rings. The molecule has 1 fully saturated rings. The summed E-state index contributed by atoms with van der Waals surface area (Å²) >= 11 is 3.37. The second kappa shape index (κ2) is 6.51. The van der Waals surface area contributed by atoms with Crippen molar-refractivity contribution in [3.8, 4) is 0 Å². The van der Waals surface area contributed by atoms with E-state index in [0.717, 1.165) is 31.4 Å². The fourth-order valence-corrected chi connectivity index (χ4v) is 5.54. The Hall–Kier alpha value is -0.960. The van der Waals surface area contributed by atoms with Crippen molar-refractivity contribution in [2.24, 2.45) is 0 Å². The summed E-state index contributed by atoms with van der Waals surface area (Å²) in [6.45, 7) is 3.66. The maximum absolute atomic E-state index is 12.7. The topological polar surface area (TPSA) is 78.5 Å². The van der Waals surface area contributed by atoms with Gasteiger partial charge in [-0.1, -0.05) is 0 Å². The van der Waals surface area contributed by atoms with Gasteiger partial charge < -0.3 is 10.2 Å². The van der Waals surface area contributed by atoms with Crippen LogP contribution in [0.1, 0.15) is 25.3 Å². The van der Waals surface area contributed by atoms with E-state index in [9.17, 15) is 13.2 Å². The number of piperidine rings is 1. The van der Waals surface area contributed by atoms with Crippen LogP contribution in [-0.4, -0.2) is 40.0 Å². The monoisotopic (exact) mass is 401 g/mol. The summed E-state index contributed by atoms with van der Waals surface area (Å²) in [6, 6.07) is 3.32. The number of amides is 1. The third kappa shape index (κ3) is 3.45. The first-order valence-corrected chi connectivity index (χ1v) is 9.99. The lowest BCUT2D eigenvalue weighted by Gasteiger charge is -2.24. The molecule has 1 atom stereocenters. The lowest BCUT2D eigenvalue weighted by molar-refractivity contribution is -0.116. The van der Waals surface area contributed by atoms with Gasteiger partial charge in [-0.05, 0) is 59.4 Å². The molecule has 0 spiro atoms. The number of anilines is 1. The Kier molecular flexibility index (Phi) is 4.78. The van der Waals surface area contributed by atoms with E-state index in [2.05, 4.69) is 26.0 Å². The van der Waals surface area contributed by atoms with Gasteiger partial charge in [0.1, 0.15) is 0 Å². The van der Waals surface area contributed by atoms with E-state index in [1.165, 1.54) is 6.92 Å². The smallest absolute Gasteiger partial charge is 0.242 e. The first kappa shape index (κ1) is 16.9. The van der Waals surface area contributed by atoms with E-state index in [0.29, 0.717) is 23.2 Å². The van der Waals surface area contributed by atoms with Crippen molar-refractivity contribution in [1.82, 2.24) is 10.0 Å². The Morgan fingerprint density at radius 1 is 1.43 bits per heavy atom. The third-order valence-corrected chi connectivity index (χ3v) is 6.80. The summed E-state index contributed by atoms with van der Waals surface area (Å²) in [6.07, 6.45) is 2.53. The summed E-state index contributed by atoms with van der Waals surface area (Å²) in [7, 11) is -3.64. The molecular formula is C15H20BrN3O3S. The number of sulfonamides is 1. The van der Waals surface area contributed by atoms with Crippen molar-refractivity contribution >= 4 is 37.5 Å². The van der Waals surface area contributed by atoms with Gasteiger partial charge in [-0.2, -0.15) is 0 Å². The average molecular weight is 402 g/mol. The number of carbonyl (C=O) groups excluding carboxylic acids is 1. The molecule has 23 heavy (non-hydrogen) atoms. The molecule has 0 aliphatic carbocycles. The number of nitrogens with zero attached hydrogens (tertiary/aromatic N) is 1. The fourth-order valence-electron chi connectivity index (χ4n) is 3.16. The Morgan fingerprint density at radius 3 is 2.87 bits per heavy atom. The Labute approximate surface area is 144 Å². The predicted octanol–water partition coefficient (Wildman–Crippen LogP) is 1.39. The van der Waals surface area contributed by atoms with E-state index in [-0.39, 0.29) is 16.8 Å². The van der Waals surface area contributed by atoms with Crippen LogP contribution in [0.2, 0.25) is 0 Å². The van der Waals surface area contributed by atoms with Gasteiger partial charge in [0.25, 0.3) is 0 Å². The second-order valence-corrected chi connectivity index (χ2v) is 8.53. The molecule has 0 saturated carbocycles. The molecule has 0 radical (unpaired) electrons. The molecule has 2 aliphatic heterocycles. The van der Waals surface area contributed by atoms with Gasteiger partial charge >= 0.3 is 0 Å². The largest absolute Gasteiger partial charge is 0.315 e. The van der Waals surface area contributed by atoms with Gasteiger partial charge in [0.2, 0.25) is 15.9 Å². The Morgan fingerprint density at radius 2 is 2.22 bits per heavy atom. The summed E-state index contributed by atoms with van der Waals surface area (Å²) < 4.78 is 28.8. The molecule has 1 aromatic rings. The first-order chi connectivity index (χ1) is 10.9. The molecule has 1 amide bonds. The number of benzene rings is 1. The minimum atomic E-state index is -3.64. The number of rotatable bonds is 3. The number of hydrogen-bond acceptors (Lipinski definition) is 4. The quantitative estimate of drug-likeness (QED) is 0.801. The highest BCUT2D eigenvalue weighted by Crippen LogP contribution is 2.35. The molecule has 2 N–H and O–H groups in total. The maximum Gasteiger partial charge on any atom is 0.242 e. The zero-order valence-electron chi connectivity index (χ0n) is 12.9.